The monoisotopic (exact) mass is 533 g/mol. The molecule has 0 spiro atoms. The third-order valence-electron chi connectivity index (χ3n) is 6.31. The molecule has 196 valence electrons. The van der Waals surface area contributed by atoms with E-state index in [0.717, 1.165) is 38.9 Å². The van der Waals surface area contributed by atoms with Gasteiger partial charge >= 0.3 is 16.2 Å². The lowest BCUT2D eigenvalue weighted by molar-refractivity contribution is 0.0602. The van der Waals surface area contributed by atoms with Crippen molar-refractivity contribution in [2.24, 2.45) is 5.92 Å². The highest BCUT2D eigenvalue weighted by Gasteiger charge is 2.65. The van der Waals surface area contributed by atoms with Gasteiger partial charge in [-0.3, -0.25) is 9.48 Å². The van der Waals surface area contributed by atoms with E-state index in [-0.39, 0.29) is 42.0 Å². The quantitative estimate of drug-likeness (QED) is 0.280. The first-order valence-corrected chi connectivity index (χ1v) is 13.0. The predicted octanol–water partition coefficient (Wildman–Crippen LogP) is 6.46. The van der Waals surface area contributed by atoms with E-state index in [4.69, 9.17) is 4.74 Å². The number of fused-ring (bicyclic) bond motifs is 1. The molecular weight excluding hydrogens is 509 g/mol. The Bertz CT molecular complexity index is 1340. The van der Waals surface area contributed by atoms with Crippen LogP contribution in [0.5, 0.6) is 0 Å². The SMILES string of the molecule is COC(=O)c1cc2nn(C3CCC(CO)CC3)cc2cc1NC(=O)c1cccc(S(F)(F)(F)(F)F)c1. The summed E-state index contributed by atoms with van der Waals surface area (Å²) in [6.07, 6.45) is 5.00. The largest absolute Gasteiger partial charge is 0.465 e. The number of nitrogens with zero attached hydrogens (tertiary/aromatic N) is 2. The molecular formula is C23H24F5N3O4S. The molecule has 1 fully saturated rings. The minimum atomic E-state index is -9.99. The van der Waals surface area contributed by atoms with E-state index in [1.54, 1.807) is 10.9 Å². The van der Waals surface area contributed by atoms with E-state index in [0.29, 0.717) is 17.0 Å². The molecule has 1 saturated carbocycles. The number of hydrogen-bond donors (Lipinski definition) is 2. The molecule has 1 aliphatic carbocycles. The lowest BCUT2D eigenvalue weighted by Gasteiger charge is -2.40. The summed E-state index contributed by atoms with van der Waals surface area (Å²) in [5.74, 6) is -1.69. The van der Waals surface area contributed by atoms with Gasteiger partial charge in [-0.25, -0.2) is 4.79 Å². The van der Waals surface area contributed by atoms with Crippen LogP contribution >= 0.6 is 10.2 Å². The van der Waals surface area contributed by atoms with E-state index in [1.165, 1.54) is 12.1 Å². The molecule has 0 saturated heterocycles. The smallest absolute Gasteiger partial charge is 0.340 e. The number of anilines is 1. The molecule has 0 unspecified atom stereocenters. The number of methoxy groups -OCH3 is 1. The second-order valence-electron chi connectivity index (χ2n) is 8.87. The molecule has 1 aromatic heterocycles. The van der Waals surface area contributed by atoms with Crippen LogP contribution in [0.4, 0.5) is 25.1 Å². The summed E-state index contributed by atoms with van der Waals surface area (Å²) in [4.78, 5) is 22.9. The highest BCUT2D eigenvalue weighted by atomic mass is 32.5. The third-order valence-corrected chi connectivity index (χ3v) is 7.45. The number of benzene rings is 2. The molecule has 1 heterocycles. The summed E-state index contributed by atoms with van der Waals surface area (Å²) in [6, 6.07) is 4.84. The zero-order valence-electron chi connectivity index (χ0n) is 19.1. The minimum absolute atomic E-state index is 0.0689. The predicted molar refractivity (Wildman–Crippen MR) is 125 cm³/mol. The average Bonchev–Trinajstić information content (AvgIpc) is 3.24. The molecule has 1 amide bonds. The number of hydrogen-bond acceptors (Lipinski definition) is 5. The number of halogens is 5. The third kappa shape index (κ3) is 5.46. The lowest BCUT2D eigenvalue weighted by Crippen LogP contribution is -2.20. The van der Waals surface area contributed by atoms with Gasteiger partial charge in [0.2, 0.25) is 0 Å². The normalized spacial score (nSPS) is 20.4. The van der Waals surface area contributed by atoms with Crippen LogP contribution in [0, 0.1) is 5.92 Å². The van der Waals surface area contributed by atoms with Crippen molar-refractivity contribution in [3.05, 3.63) is 53.7 Å². The van der Waals surface area contributed by atoms with Gasteiger partial charge < -0.3 is 15.2 Å². The Labute approximate surface area is 203 Å². The second-order valence-corrected chi connectivity index (χ2v) is 11.3. The van der Waals surface area contributed by atoms with Crippen LogP contribution in [0.15, 0.2) is 47.5 Å². The van der Waals surface area contributed by atoms with Crippen molar-refractivity contribution in [1.29, 1.82) is 0 Å². The van der Waals surface area contributed by atoms with Crippen molar-refractivity contribution in [3.63, 3.8) is 0 Å². The van der Waals surface area contributed by atoms with Gasteiger partial charge in [0.1, 0.15) is 4.90 Å². The molecule has 1 aliphatic rings. The van der Waals surface area contributed by atoms with Gasteiger partial charge in [-0.1, -0.05) is 25.5 Å². The van der Waals surface area contributed by atoms with Gasteiger partial charge in [-0.15, -0.1) is 0 Å². The van der Waals surface area contributed by atoms with E-state index in [2.05, 4.69) is 10.4 Å². The van der Waals surface area contributed by atoms with E-state index in [1.807, 2.05) is 0 Å². The Morgan fingerprint density at radius 2 is 1.81 bits per heavy atom. The van der Waals surface area contributed by atoms with Crippen LogP contribution in [0.1, 0.15) is 52.4 Å². The van der Waals surface area contributed by atoms with E-state index < -0.39 is 32.6 Å². The summed E-state index contributed by atoms with van der Waals surface area (Å²) in [6.45, 7) is 0.129. The zero-order chi connectivity index (χ0) is 26.4. The number of carbonyl (C=O) groups is 2. The topological polar surface area (TPSA) is 93.4 Å². The number of aliphatic hydroxyl groups is 1. The lowest BCUT2D eigenvalue weighted by atomic mass is 9.87. The fourth-order valence-corrected chi connectivity index (χ4v) is 5.01. The van der Waals surface area contributed by atoms with Crippen molar-refractivity contribution in [3.8, 4) is 0 Å². The van der Waals surface area contributed by atoms with Gasteiger partial charge in [0.25, 0.3) is 5.91 Å². The van der Waals surface area contributed by atoms with Gasteiger partial charge in [-0.05, 0) is 61.9 Å². The number of aromatic nitrogens is 2. The summed E-state index contributed by atoms with van der Waals surface area (Å²) in [5, 5.41) is 16.7. The number of nitrogens with one attached hydrogen (secondary N) is 1. The van der Waals surface area contributed by atoms with Crippen LogP contribution in [-0.2, 0) is 4.74 Å². The Balaban J connectivity index is 1.67. The average molecular weight is 534 g/mol. The van der Waals surface area contributed by atoms with Crippen LogP contribution in [0.3, 0.4) is 0 Å². The summed E-state index contributed by atoms with van der Waals surface area (Å²) < 4.78 is 72.5. The zero-order valence-corrected chi connectivity index (χ0v) is 19.9. The molecule has 2 aromatic carbocycles. The van der Waals surface area contributed by atoms with Crippen LogP contribution in [0.2, 0.25) is 0 Å². The number of amides is 1. The number of carbonyl (C=O) groups excluding carboxylic acids is 2. The van der Waals surface area contributed by atoms with E-state index in [9.17, 15) is 34.1 Å². The summed E-state index contributed by atoms with van der Waals surface area (Å²) >= 11 is 0. The molecule has 2 N–H and O–H groups in total. The highest BCUT2D eigenvalue weighted by Crippen LogP contribution is 3.02. The molecule has 7 nitrogen and oxygen atoms in total. The molecule has 4 rings (SSSR count). The Kier molecular flexibility index (Phi) is 6.07. The van der Waals surface area contributed by atoms with Crippen LogP contribution in [-0.4, -0.2) is 40.5 Å². The van der Waals surface area contributed by atoms with Gasteiger partial charge in [-0.2, -0.15) is 5.10 Å². The number of esters is 1. The first-order chi connectivity index (χ1) is 16.7. The van der Waals surface area contributed by atoms with Gasteiger partial charge in [0, 0.05) is 23.8 Å². The van der Waals surface area contributed by atoms with Crippen molar-refractivity contribution in [2.75, 3.05) is 19.0 Å². The number of rotatable bonds is 6. The molecule has 0 radical (unpaired) electrons. The Morgan fingerprint density at radius 3 is 2.42 bits per heavy atom. The molecule has 0 bridgehead atoms. The van der Waals surface area contributed by atoms with Gasteiger partial charge in [0.05, 0.1) is 29.9 Å². The van der Waals surface area contributed by atoms with Gasteiger partial charge in [0.15, 0.2) is 0 Å². The summed E-state index contributed by atoms with van der Waals surface area (Å²) in [5.41, 5.74) is -0.398. The van der Waals surface area contributed by atoms with Crippen molar-refractivity contribution in [1.82, 2.24) is 9.78 Å². The fraction of sp³-hybridized carbons (Fsp3) is 0.348. The van der Waals surface area contributed by atoms with Crippen molar-refractivity contribution < 1.29 is 38.9 Å². The van der Waals surface area contributed by atoms with Crippen LogP contribution < -0.4 is 5.32 Å². The molecule has 36 heavy (non-hydrogen) atoms. The fourth-order valence-electron chi connectivity index (χ4n) is 4.32. The maximum absolute atomic E-state index is 13.2. The van der Waals surface area contributed by atoms with Crippen LogP contribution in [0.25, 0.3) is 10.9 Å². The molecule has 0 aliphatic heterocycles. The number of ether oxygens (including phenoxy) is 1. The first-order valence-electron chi connectivity index (χ1n) is 11.1. The number of aliphatic hydroxyl groups excluding tert-OH is 1. The maximum atomic E-state index is 13.2. The summed E-state index contributed by atoms with van der Waals surface area (Å²) in [7, 11) is -8.87. The molecule has 13 heteroatoms. The minimum Gasteiger partial charge on any atom is -0.465 e. The molecule has 0 atom stereocenters. The highest BCUT2D eigenvalue weighted by molar-refractivity contribution is 8.45. The van der Waals surface area contributed by atoms with Crippen molar-refractivity contribution >= 4 is 38.7 Å². The first kappa shape index (κ1) is 25.9. The maximum Gasteiger partial charge on any atom is 0.340 e. The standard InChI is InChI=1S/C23H24F5N3O4S/c1-35-23(34)19-11-20-16(12-31(30-20)17-7-5-14(13-32)6-8-17)10-21(19)29-22(33)15-3-2-4-18(9-15)36(24,25,26,27)28/h2-4,9-12,14,17,32H,5-8,13H2,1H3,(H,29,33). The Hall–Kier alpha value is -3.19. The van der Waals surface area contributed by atoms with Crippen molar-refractivity contribution in [2.45, 2.75) is 36.6 Å². The Morgan fingerprint density at radius 1 is 1.11 bits per heavy atom. The van der Waals surface area contributed by atoms with E-state index >= 15 is 0 Å². The second kappa shape index (κ2) is 8.44. The molecule has 3 aromatic rings.